The Morgan fingerprint density at radius 3 is 2.42 bits per heavy atom. The highest BCUT2D eigenvalue weighted by Crippen LogP contribution is 2.69. The van der Waals surface area contributed by atoms with Crippen LogP contribution < -0.4 is 9.64 Å². The molecule has 3 fully saturated rings. The molecule has 6 aliphatic rings. The lowest BCUT2D eigenvalue weighted by Crippen LogP contribution is -2.81. The molecule has 2 saturated heterocycles. The quantitative estimate of drug-likeness (QED) is 0.118. The predicted octanol–water partition coefficient (Wildman–Crippen LogP) is 4.59. The van der Waals surface area contributed by atoms with Crippen molar-refractivity contribution in [1.29, 1.82) is 0 Å². The molecule has 1 spiro atoms. The van der Waals surface area contributed by atoms with Gasteiger partial charge in [0.05, 0.1) is 38.7 Å². The second kappa shape index (κ2) is 15.0. The molecule has 10 atom stereocenters. The van der Waals surface area contributed by atoms with Crippen molar-refractivity contribution >= 4 is 52.7 Å². The molecule has 1 amide bonds. The number of rotatable bonds is 9. The first kappa shape index (κ1) is 42.7. The zero-order valence-electron chi connectivity index (χ0n) is 36.6. The van der Waals surface area contributed by atoms with Gasteiger partial charge in [-0.1, -0.05) is 19.9 Å². The van der Waals surface area contributed by atoms with E-state index in [-0.39, 0.29) is 12.3 Å². The van der Waals surface area contributed by atoms with Gasteiger partial charge >= 0.3 is 17.9 Å². The van der Waals surface area contributed by atoms with Gasteiger partial charge in [-0.2, -0.15) is 0 Å². The lowest BCUT2D eigenvalue weighted by molar-refractivity contribution is -0.235. The molecular formula is C47H58N4O10S. The van der Waals surface area contributed by atoms with Crippen LogP contribution in [-0.4, -0.2) is 132 Å². The third kappa shape index (κ3) is 5.59. The van der Waals surface area contributed by atoms with Gasteiger partial charge in [0.1, 0.15) is 11.2 Å². The molecule has 62 heavy (non-hydrogen) atoms. The van der Waals surface area contributed by atoms with E-state index in [1.165, 1.54) is 33.2 Å². The Morgan fingerprint density at radius 2 is 1.76 bits per heavy atom. The number of nitrogens with zero attached hydrogens (tertiary/aromatic N) is 3. The number of piperidine rings is 1. The van der Waals surface area contributed by atoms with Crippen LogP contribution in [-0.2, 0) is 50.6 Å². The SMILES string of the molecule is CC[C@]1(O)C[C@H]2CN(CCc3c([nH]c4ccc(SC)cc34)[C@@](C(=O)OC)(c3cc4c(cc3OC)N(C=O)[C@H]3[C@@](O)(C(=O)OC)[C@H](OC(C)=O)[C@]5(CC)CC=CN6CC[C@]43[C@@H]65)C2)C1. The Balaban J connectivity index is 1.38. The fourth-order valence-electron chi connectivity index (χ4n) is 13.6. The molecule has 1 aromatic heterocycles. The molecule has 1 unspecified atom stereocenters. The second-order valence-corrected chi connectivity index (χ2v) is 19.4. The molecule has 3 N–H and O–H groups in total. The molecule has 2 bridgehead atoms. The zero-order valence-corrected chi connectivity index (χ0v) is 37.4. The minimum atomic E-state index is -2.52. The van der Waals surface area contributed by atoms with E-state index in [1.807, 2.05) is 44.5 Å². The summed E-state index contributed by atoms with van der Waals surface area (Å²) >= 11 is 1.64. The van der Waals surface area contributed by atoms with Gasteiger partial charge in [-0.3, -0.25) is 19.3 Å². The van der Waals surface area contributed by atoms with Crippen LogP contribution in [0.5, 0.6) is 5.75 Å². The largest absolute Gasteiger partial charge is 0.496 e. The number of aromatic amines is 1. The summed E-state index contributed by atoms with van der Waals surface area (Å²) in [5, 5.41) is 26.4. The van der Waals surface area contributed by atoms with E-state index in [1.54, 1.807) is 17.8 Å². The number of esters is 3. The molecule has 14 nitrogen and oxygen atoms in total. The number of fused-ring (bicyclic) bond motifs is 6. The van der Waals surface area contributed by atoms with Gasteiger partial charge in [-0.15, -0.1) is 11.8 Å². The molecule has 3 aromatic rings. The lowest BCUT2D eigenvalue weighted by atomic mass is 9.47. The van der Waals surface area contributed by atoms with Gasteiger partial charge in [0.2, 0.25) is 12.0 Å². The van der Waals surface area contributed by atoms with E-state index >= 15 is 4.79 Å². The van der Waals surface area contributed by atoms with Crippen LogP contribution in [0.2, 0.25) is 0 Å². The van der Waals surface area contributed by atoms with Crippen molar-refractivity contribution in [2.45, 2.75) is 111 Å². The molecule has 1 aliphatic carbocycles. The number of anilines is 1. The Bertz CT molecular complexity index is 2390. The average molecular weight is 871 g/mol. The number of methoxy groups -OCH3 is 3. The van der Waals surface area contributed by atoms with Crippen LogP contribution >= 0.6 is 11.8 Å². The van der Waals surface area contributed by atoms with Crippen LogP contribution in [0.15, 0.2) is 47.5 Å². The number of nitrogens with one attached hydrogen (secondary N) is 1. The molecule has 0 radical (unpaired) electrons. The molecule has 5 aliphatic heterocycles. The molecule has 1 saturated carbocycles. The summed E-state index contributed by atoms with van der Waals surface area (Å²) in [6.07, 6.45) is 8.34. The fourth-order valence-corrected chi connectivity index (χ4v) is 14.0. The van der Waals surface area contributed by atoms with E-state index in [9.17, 15) is 24.6 Å². The summed E-state index contributed by atoms with van der Waals surface area (Å²) < 4.78 is 23.8. The van der Waals surface area contributed by atoms with E-state index in [2.05, 4.69) is 26.9 Å². The monoisotopic (exact) mass is 870 g/mol. The number of carbonyl (C=O) groups is 4. The Morgan fingerprint density at radius 1 is 0.984 bits per heavy atom. The minimum Gasteiger partial charge on any atom is -0.496 e. The van der Waals surface area contributed by atoms with E-state index in [4.69, 9.17) is 18.9 Å². The summed E-state index contributed by atoms with van der Waals surface area (Å²) in [5.41, 5.74) is -3.07. The van der Waals surface area contributed by atoms with Crippen molar-refractivity contribution in [2.24, 2.45) is 11.3 Å². The number of hydrogen-bond donors (Lipinski definition) is 3. The van der Waals surface area contributed by atoms with Gasteiger partial charge in [0.25, 0.3) is 0 Å². The van der Waals surface area contributed by atoms with Gasteiger partial charge < -0.3 is 43.9 Å². The topological polar surface area (TPSA) is 171 Å². The number of allylic oxidation sites excluding steroid dienone is 1. The molecule has 6 heterocycles. The number of benzene rings is 2. The highest BCUT2D eigenvalue weighted by atomic mass is 32.2. The first-order valence-corrected chi connectivity index (χ1v) is 23.0. The molecular weight excluding hydrogens is 813 g/mol. The smallest absolute Gasteiger partial charge is 0.344 e. The highest BCUT2D eigenvalue weighted by Gasteiger charge is 2.81. The summed E-state index contributed by atoms with van der Waals surface area (Å²) in [4.78, 5) is 67.4. The third-order valence-corrected chi connectivity index (χ3v) is 16.6. The first-order valence-electron chi connectivity index (χ1n) is 21.8. The molecule has 2 aromatic carbocycles. The summed E-state index contributed by atoms with van der Waals surface area (Å²) in [5.74, 6) is -2.05. The second-order valence-electron chi connectivity index (χ2n) is 18.5. The fraction of sp³-hybridized carbons (Fsp3) is 0.574. The van der Waals surface area contributed by atoms with E-state index < -0.39 is 63.5 Å². The zero-order chi connectivity index (χ0) is 44.1. The predicted molar refractivity (Wildman–Crippen MR) is 232 cm³/mol. The number of aliphatic hydroxyl groups is 2. The molecule has 332 valence electrons. The van der Waals surface area contributed by atoms with Crippen molar-refractivity contribution in [3.05, 3.63) is 65.0 Å². The van der Waals surface area contributed by atoms with Crippen molar-refractivity contribution in [3.8, 4) is 5.75 Å². The van der Waals surface area contributed by atoms with Crippen LogP contribution in [0.4, 0.5) is 5.69 Å². The maximum Gasteiger partial charge on any atom is 0.344 e. The molecule has 9 rings (SSSR count). The Hall–Kier alpha value is -4.57. The normalized spacial score (nSPS) is 35.4. The number of aromatic nitrogens is 1. The number of ether oxygens (including phenoxy) is 4. The van der Waals surface area contributed by atoms with Gasteiger partial charge in [-0.05, 0) is 98.7 Å². The summed E-state index contributed by atoms with van der Waals surface area (Å²) in [6, 6.07) is 8.24. The molecule has 15 heteroatoms. The van der Waals surface area contributed by atoms with Gasteiger partial charge in [0, 0.05) is 83.1 Å². The van der Waals surface area contributed by atoms with Crippen molar-refractivity contribution in [1.82, 2.24) is 14.8 Å². The summed E-state index contributed by atoms with van der Waals surface area (Å²) in [6.45, 7) is 7.58. The number of amides is 1. The maximum absolute atomic E-state index is 15.4. The van der Waals surface area contributed by atoms with Crippen LogP contribution in [0, 0.1) is 11.3 Å². The average Bonchev–Trinajstić information content (AvgIpc) is 3.95. The first-order chi connectivity index (χ1) is 29.7. The number of H-pyrrole nitrogens is 1. The van der Waals surface area contributed by atoms with Gasteiger partial charge in [0.15, 0.2) is 6.10 Å². The van der Waals surface area contributed by atoms with Crippen molar-refractivity contribution in [2.75, 3.05) is 58.7 Å². The van der Waals surface area contributed by atoms with Crippen molar-refractivity contribution in [3.63, 3.8) is 0 Å². The standard InChI is InChI=1S/C47H58N4O10S/c1-8-43(56)22-28-23-46(41(54)59-5,37-30(13-17-49(24-28)25-43)31-19-29(62-7)11-12-34(31)48-37)33-20-32-35(21-36(33)58-4)51(26-52)39-45(32)15-18-50-16-10-14-44(9-2,38(45)50)40(61-27(3)53)47(39,57)42(55)60-6/h10-12,16,19-21,26,28,38-40,48,56-57H,8-9,13-15,17-18,22-25H2,1-7H3/t28-,38+,39-,40-,43+,44-,45-,46+,47+/m1/s1. The number of carbonyl (C=O) groups excluding carboxylic acids is 4. The minimum absolute atomic E-state index is 0.163. The Labute approximate surface area is 366 Å². The van der Waals surface area contributed by atoms with Crippen LogP contribution in [0.3, 0.4) is 0 Å². The Kier molecular flexibility index (Phi) is 10.4. The van der Waals surface area contributed by atoms with Crippen molar-refractivity contribution < 1.29 is 48.3 Å². The lowest BCUT2D eigenvalue weighted by Gasteiger charge is -2.63. The summed E-state index contributed by atoms with van der Waals surface area (Å²) in [7, 11) is 4.11. The number of thioether (sulfide) groups is 1. The van der Waals surface area contributed by atoms with E-state index in [0.717, 1.165) is 21.4 Å². The maximum atomic E-state index is 15.4. The highest BCUT2D eigenvalue weighted by molar-refractivity contribution is 7.98. The van der Waals surface area contributed by atoms with Gasteiger partial charge in [-0.25, -0.2) is 4.79 Å². The van der Waals surface area contributed by atoms with E-state index in [0.29, 0.717) is 99.4 Å². The van der Waals surface area contributed by atoms with Crippen LogP contribution in [0.1, 0.15) is 81.7 Å². The number of hydrogen-bond acceptors (Lipinski definition) is 13. The third-order valence-electron chi connectivity index (χ3n) is 15.9. The van der Waals surface area contributed by atoms with Crippen LogP contribution in [0.25, 0.3) is 10.9 Å².